The third kappa shape index (κ3) is 3.85. The van der Waals surface area contributed by atoms with Gasteiger partial charge >= 0.3 is 5.69 Å². The molecule has 0 aliphatic rings. The van der Waals surface area contributed by atoms with Crippen LogP contribution in [0, 0.1) is 10.1 Å². The molecule has 9 heteroatoms. The molecule has 0 spiro atoms. The molecule has 0 saturated carbocycles. The van der Waals surface area contributed by atoms with E-state index in [0.29, 0.717) is 34.8 Å². The van der Waals surface area contributed by atoms with Gasteiger partial charge in [-0.25, -0.2) is 4.63 Å². The molecule has 9 nitrogen and oxygen atoms in total. The van der Waals surface area contributed by atoms with Crippen molar-refractivity contribution >= 4 is 28.1 Å². The van der Waals surface area contributed by atoms with Crippen molar-refractivity contribution in [3.05, 3.63) is 82.8 Å². The van der Waals surface area contributed by atoms with E-state index in [-0.39, 0.29) is 11.2 Å². The second-order valence-corrected chi connectivity index (χ2v) is 7.08. The molecule has 0 aliphatic heterocycles. The molecule has 158 valence electrons. The smallest absolute Gasteiger partial charge is 0.324 e. The van der Waals surface area contributed by atoms with Crippen LogP contribution in [-0.4, -0.2) is 22.3 Å². The van der Waals surface area contributed by atoms with Gasteiger partial charge in [0.2, 0.25) is 5.52 Å². The highest BCUT2D eigenvalue weighted by Gasteiger charge is 2.33. The summed E-state index contributed by atoms with van der Waals surface area (Å²) in [6.45, 7) is 5.95. The van der Waals surface area contributed by atoms with Gasteiger partial charge in [-0.15, -0.1) is 6.58 Å². The lowest BCUT2D eigenvalue weighted by Gasteiger charge is -2.32. The number of nitro benzene ring substituents is 1. The van der Waals surface area contributed by atoms with Gasteiger partial charge in [-0.3, -0.25) is 10.1 Å². The van der Waals surface area contributed by atoms with E-state index in [1.54, 1.807) is 43.7 Å². The number of hydrogen-bond donors (Lipinski definition) is 0. The van der Waals surface area contributed by atoms with Gasteiger partial charge in [-0.2, -0.15) is 0 Å². The highest BCUT2D eigenvalue weighted by molar-refractivity contribution is 5.92. The van der Waals surface area contributed by atoms with E-state index in [1.165, 1.54) is 0 Å². The molecule has 4 aromatic rings. The summed E-state index contributed by atoms with van der Waals surface area (Å²) in [5.74, 6) is 1.32. The average Bonchev–Trinajstić information content (AvgIpc) is 3.45. The summed E-state index contributed by atoms with van der Waals surface area (Å²) in [6.07, 6.45) is 2.08. The van der Waals surface area contributed by atoms with Gasteiger partial charge in [-0.1, -0.05) is 5.57 Å². The molecule has 0 fully saturated rings. The minimum atomic E-state index is -0.474. The summed E-state index contributed by atoms with van der Waals surface area (Å²) in [7, 11) is 1.58. The largest absolute Gasteiger partial charge is 0.497 e. The molecule has 4 rings (SSSR count). The molecule has 2 heterocycles. The topological polar surface area (TPSA) is 108 Å². The first-order chi connectivity index (χ1) is 15.0. The van der Waals surface area contributed by atoms with Crippen LogP contribution in [0.4, 0.5) is 17.1 Å². The summed E-state index contributed by atoms with van der Waals surface area (Å²) >= 11 is 0. The molecule has 1 atom stereocenters. The number of methoxy groups -OCH3 is 1. The molecule has 0 saturated heterocycles. The Morgan fingerprint density at radius 1 is 1.23 bits per heavy atom. The molecule has 1 unspecified atom stereocenters. The average molecular weight is 420 g/mol. The maximum atomic E-state index is 12.1. The first-order valence-electron chi connectivity index (χ1n) is 9.50. The Kier molecular flexibility index (Phi) is 5.40. The highest BCUT2D eigenvalue weighted by Crippen LogP contribution is 2.45. The van der Waals surface area contributed by atoms with E-state index in [0.717, 1.165) is 5.57 Å². The lowest BCUT2D eigenvalue weighted by molar-refractivity contribution is -0.382. The van der Waals surface area contributed by atoms with E-state index in [9.17, 15) is 10.1 Å². The summed E-state index contributed by atoms with van der Waals surface area (Å²) in [5.41, 5.74) is 2.12. The number of nitro groups is 1. The van der Waals surface area contributed by atoms with Crippen molar-refractivity contribution in [3.8, 4) is 5.75 Å². The zero-order valence-corrected chi connectivity index (χ0v) is 17.0. The van der Waals surface area contributed by atoms with Crippen LogP contribution in [0.15, 0.2) is 76.0 Å². The summed E-state index contributed by atoms with van der Waals surface area (Å²) in [4.78, 5) is 13.5. The van der Waals surface area contributed by atoms with Crippen molar-refractivity contribution in [2.75, 3.05) is 12.0 Å². The zero-order valence-electron chi connectivity index (χ0n) is 17.0. The van der Waals surface area contributed by atoms with E-state index in [1.807, 2.05) is 30.0 Å². The molecule has 0 aliphatic carbocycles. The Labute approximate surface area is 177 Å². The molecule has 2 aromatic carbocycles. The van der Waals surface area contributed by atoms with Gasteiger partial charge in [0.25, 0.3) is 0 Å². The van der Waals surface area contributed by atoms with Gasteiger partial charge in [-0.05, 0) is 72.2 Å². The fourth-order valence-corrected chi connectivity index (χ4v) is 3.56. The molecular weight excluding hydrogens is 400 g/mol. The van der Waals surface area contributed by atoms with Gasteiger partial charge in [0.1, 0.15) is 22.7 Å². The Hall–Kier alpha value is -4.14. The Morgan fingerprint density at radius 3 is 2.61 bits per heavy atom. The van der Waals surface area contributed by atoms with Gasteiger partial charge in [0.15, 0.2) is 0 Å². The molecule has 0 bridgehead atoms. The van der Waals surface area contributed by atoms with Crippen molar-refractivity contribution < 1.29 is 18.7 Å². The number of furan rings is 1. The van der Waals surface area contributed by atoms with E-state index >= 15 is 0 Å². The quantitative estimate of drug-likeness (QED) is 0.207. The van der Waals surface area contributed by atoms with Crippen molar-refractivity contribution in [2.45, 2.75) is 19.4 Å². The third-order valence-electron chi connectivity index (χ3n) is 4.90. The predicted octanol–water partition coefficient (Wildman–Crippen LogP) is 5.58. The van der Waals surface area contributed by atoms with Gasteiger partial charge in [0, 0.05) is 5.69 Å². The van der Waals surface area contributed by atoms with Crippen LogP contribution in [0.3, 0.4) is 0 Å². The number of aromatic nitrogens is 2. The minimum Gasteiger partial charge on any atom is -0.497 e. The van der Waals surface area contributed by atoms with Crippen LogP contribution < -0.4 is 9.64 Å². The second-order valence-electron chi connectivity index (χ2n) is 7.08. The van der Waals surface area contributed by atoms with E-state index in [4.69, 9.17) is 13.8 Å². The monoisotopic (exact) mass is 420 g/mol. The number of ether oxygens (including phenoxy) is 1. The fourth-order valence-electron chi connectivity index (χ4n) is 3.56. The van der Waals surface area contributed by atoms with Crippen molar-refractivity contribution in [2.24, 2.45) is 0 Å². The number of hydrogen-bond acceptors (Lipinski definition) is 8. The molecule has 0 N–H and O–H groups in total. The Balaban J connectivity index is 1.98. The van der Waals surface area contributed by atoms with Crippen LogP contribution in [0.25, 0.3) is 11.0 Å². The highest BCUT2D eigenvalue weighted by atomic mass is 16.6. The summed E-state index contributed by atoms with van der Waals surface area (Å²) in [5, 5.41) is 19.6. The molecule has 0 radical (unpaired) electrons. The van der Waals surface area contributed by atoms with Crippen molar-refractivity contribution in [1.29, 1.82) is 0 Å². The number of fused-ring (bicyclic) bond motifs is 1. The number of rotatable bonds is 8. The van der Waals surface area contributed by atoms with Crippen molar-refractivity contribution in [3.63, 3.8) is 0 Å². The lowest BCUT2D eigenvalue weighted by atomic mass is 10.0. The van der Waals surface area contributed by atoms with E-state index < -0.39 is 11.0 Å². The van der Waals surface area contributed by atoms with Crippen LogP contribution in [-0.2, 0) is 0 Å². The second kappa shape index (κ2) is 8.31. The summed E-state index contributed by atoms with van der Waals surface area (Å²) in [6, 6.07) is 13.8. The van der Waals surface area contributed by atoms with Crippen molar-refractivity contribution in [1.82, 2.24) is 10.3 Å². The molecule has 2 aromatic heterocycles. The lowest BCUT2D eigenvalue weighted by Crippen LogP contribution is -2.25. The van der Waals surface area contributed by atoms with Gasteiger partial charge < -0.3 is 14.1 Å². The van der Waals surface area contributed by atoms with Gasteiger partial charge in [0.05, 0.1) is 24.3 Å². The Morgan fingerprint density at radius 2 is 2.00 bits per heavy atom. The predicted molar refractivity (Wildman–Crippen MR) is 114 cm³/mol. The van der Waals surface area contributed by atoms with Crippen LogP contribution >= 0.6 is 0 Å². The first kappa shape index (κ1) is 20.1. The van der Waals surface area contributed by atoms with Crippen LogP contribution in [0.2, 0.25) is 0 Å². The normalized spacial score (nSPS) is 11.9. The molecule has 0 amide bonds. The number of benzene rings is 2. The maximum Gasteiger partial charge on any atom is 0.324 e. The number of anilines is 2. The van der Waals surface area contributed by atoms with E-state index in [2.05, 4.69) is 16.9 Å². The fraction of sp³-hybridized carbons (Fsp3) is 0.182. The molecular formula is C22H20N4O5. The van der Waals surface area contributed by atoms with Crippen LogP contribution in [0.1, 0.15) is 25.1 Å². The zero-order chi connectivity index (χ0) is 22.0. The SMILES string of the molecule is C=C(C)CC(c1ccco1)N(c1ccc(OC)cc1)c1ccc2nonc2c1[N+](=O)[O-]. The molecule has 31 heavy (non-hydrogen) atoms. The van der Waals surface area contributed by atoms with Crippen LogP contribution in [0.5, 0.6) is 5.75 Å². The minimum absolute atomic E-state index is 0.0783. The standard InChI is InChI=1S/C22H20N4O5/c1-14(2)13-19(20-5-4-12-30-20)25(15-6-8-16(29-3)9-7-15)18-11-10-17-21(24-31-23-17)22(18)26(27)28/h4-12,19H,1,13H2,2-3H3. The Bertz CT molecular complexity index is 1210. The third-order valence-corrected chi connectivity index (χ3v) is 4.90. The summed E-state index contributed by atoms with van der Waals surface area (Å²) < 4.78 is 15.7. The number of nitrogens with zero attached hydrogens (tertiary/aromatic N) is 4. The maximum absolute atomic E-state index is 12.1. The first-order valence-corrected chi connectivity index (χ1v) is 9.50.